The Kier molecular flexibility index (Phi) is 2.59. The first kappa shape index (κ1) is 15.1. The molecule has 0 amide bonds. The molecule has 1 saturated carbocycles. The van der Waals surface area contributed by atoms with E-state index in [0.29, 0.717) is 5.56 Å². The van der Waals surface area contributed by atoms with Crippen LogP contribution in [0.3, 0.4) is 0 Å². The average molecular weight is 327 g/mol. The van der Waals surface area contributed by atoms with Crippen molar-refractivity contribution in [1.82, 2.24) is 0 Å². The van der Waals surface area contributed by atoms with Gasteiger partial charge in [-0.25, -0.2) is 9.38 Å². The van der Waals surface area contributed by atoms with Crippen molar-refractivity contribution in [2.24, 2.45) is 16.6 Å². The van der Waals surface area contributed by atoms with Gasteiger partial charge in [0.15, 0.2) is 10.8 Å². The molecule has 0 aromatic heterocycles. The number of nitrogens with one attached hydrogen (secondary N) is 1. The molecule has 4 rings (SSSR count). The van der Waals surface area contributed by atoms with E-state index in [2.05, 4.69) is 17.1 Å². The largest absolute Gasteiger partial charge is 0.344 e. The molecule has 24 heavy (non-hydrogen) atoms. The van der Waals surface area contributed by atoms with Gasteiger partial charge in [-0.15, -0.1) is 0 Å². The first-order valence-corrected chi connectivity index (χ1v) is 7.66. The topological polar surface area (TPSA) is 106 Å². The molecule has 3 aliphatic rings. The van der Waals surface area contributed by atoms with Crippen LogP contribution >= 0.6 is 0 Å². The van der Waals surface area contributed by atoms with Crippen LogP contribution in [0.2, 0.25) is 0 Å². The van der Waals surface area contributed by atoms with Gasteiger partial charge in [-0.05, 0) is 24.6 Å². The molecule has 7 heteroatoms. The molecule has 2 fully saturated rings. The van der Waals surface area contributed by atoms with Gasteiger partial charge in [-0.1, -0.05) is 19.1 Å². The number of ether oxygens (including phenoxy) is 2. The van der Waals surface area contributed by atoms with Crippen LogP contribution in [0, 0.1) is 39.3 Å². The zero-order valence-electron chi connectivity index (χ0n) is 13.3. The van der Waals surface area contributed by atoms with Crippen molar-refractivity contribution in [2.45, 2.75) is 31.3 Å². The number of hydrogen-bond donors (Lipinski definition) is 2. The van der Waals surface area contributed by atoms with E-state index in [0.717, 1.165) is 0 Å². The number of nitrogens with zero attached hydrogens (tertiary/aromatic N) is 2. The predicted molar refractivity (Wildman–Crippen MR) is 79.2 cm³/mol. The van der Waals surface area contributed by atoms with Crippen LogP contribution in [0.15, 0.2) is 24.3 Å². The van der Waals surface area contributed by atoms with E-state index in [1.54, 1.807) is 19.1 Å². The fourth-order valence-electron chi connectivity index (χ4n) is 4.72. The normalized spacial score (nSPS) is 45.4. The first-order valence-electron chi connectivity index (χ1n) is 7.66. The summed E-state index contributed by atoms with van der Waals surface area (Å²) in [6, 6.07) is 10.2. The van der Waals surface area contributed by atoms with Crippen LogP contribution in [0.25, 0.3) is 0 Å². The molecule has 1 saturated heterocycles. The number of fused-ring (bicyclic) bond motifs is 2. The van der Waals surface area contributed by atoms with Gasteiger partial charge in [0.1, 0.15) is 5.82 Å². The highest BCUT2D eigenvalue weighted by atomic mass is 19.1. The van der Waals surface area contributed by atoms with E-state index in [-0.39, 0.29) is 18.5 Å². The van der Waals surface area contributed by atoms with E-state index in [1.165, 1.54) is 12.1 Å². The lowest BCUT2D eigenvalue weighted by molar-refractivity contribution is -0.679. The molecule has 1 aromatic rings. The monoisotopic (exact) mass is 327 g/mol. The Balaban J connectivity index is 1.98. The summed E-state index contributed by atoms with van der Waals surface area (Å²) in [6.07, 6.45) is -0.247. The Labute approximate surface area is 138 Å². The van der Waals surface area contributed by atoms with Crippen molar-refractivity contribution in [3.8, 4) is 12.1 Å². The zero-order chi connectivity index (χ0) is 17.4. The van der Waals surface area contributed by atoms with Gasteiger partial charge in [0.25, 0.3) is 5.84 Å². The SMILES string of the molecule is C[C@H]1CO[C@]2([NH+]=C(N)[C@@]3(C#N)[C@](C)(c4ccc(F)cc4)[C@@]23C#N)O1. The number of benzene rings is 1. The first-order chi connectivity index (χ1) is 11.3. The van der Waals surface area contributed by atoms with Crippen LogP contribution < -0.4 is 10.7 Å². The summed E-state index contributed by atoms with van der Waals surface area (Å²) in [4.78, 5) is 2.91. The smallest absolute Gasteiger partial charge is 0.311 e. The van der Waals surface area contributed by atoms with Crippen molar-refractivity contribution in [3.05, 3.63) is 35.6 Å². The molecule has 1 aromatic carbocycles. The number of amidine groups is 1. The molecule has 6 nitrogen and oxygen atoms in total. The second kappa shape index (κ2) is 4.13. The number of halogens is 1. The molecule has 122 valence electrons. The maximum Gasteiger partial charge on any atom is 0.344 e. The summed E-state index contributed by atoms with van der Waals surface area (Å²) in [7, 11) is 0. The van der Waals surface area contributed by atoms with Crippen molar-refractivity contribution < 1.29 is 18.9 Å². The Bertz CT molecular complexity index is 857. The Morgan fingerprint density at radius 3 is 2.46 bits per heavy atom. The summed E-state index contributed by atoms with van der Waals surface area (Å²) in [5, 5.41) is 20.1. The van der Waals surface area contributed by atoms with E-state index >= 15 is 0 Å². The minimum absolute atomic E-state index is 0.146. The second-order valence-electron chi connectivity index (χ2n) is 6.75. The highest BCUT2D eigenvalue weighted by molar-refractivity contribution is 5.97. The lowest BCUT2D eigenvalue weighted by Crippen LogP contribution is -2.90. The van der Waals surface area contributed by atoms with Gasteiger partial charge in [-0.2, -0.15) is 10.5 Å². The van der Waals surface area contributed by atoms with Crippen LogP contribution in [0.1, 0.15) is 19.4 Å². The lowest BCUT2D eigenvalue weighted by atomic mass is 9.84. The van der Waals surface area contributed by atoms with Crippen molar-refractivity contribution in [1.29, 1.82) is 10.5 Å². The van der Waals surface area contributed by atoms with E-state index in [9.17, 15) is 14.9 Å². The molecular formula is C17H16FN4O2+. The van der Waals surface area contributed by atoms with Gasteiger partial charge in [0.2, 0.25) is 0 Å². The van der Waals surface area contributed by atoms with Gasteiger partial charge >= 0.3 is 5.91 Å². The molecule has 0 bridgehead atoms. The van der Waals surface area contributed by atoms with Crippen LogP contribution in [-0.4, -0.2) is 24.5 Å². The van der Waals surface area contributed by atoms with Crippen LogP contribution in [-0.2, 0) is 14.9 Å². The van der Waals surface area contributed by atoms with Crippen LogP contribution in [0.5, 0.6) is 0 Å². The molecule has 1 aliphatic carbocycles. The van der Waals surface area contributed by atoms with E-state index in [4.69, 9.17) is 15.2 Å². The summed E-state index contributed by atoms with van der Waals surface area (Å²) in [5.41, 5.74) is 3.13. The average Bonchev–Trinajstić information content (AvgIpc) is 2.75. The summed E-state index contributed by atoms with van der Waals surface area (Å²) in [6.45, 7) is 3.88. The van der Waals surface area contributed by atoms with Gasteiger partial charge in [0.05, 0.1) is 30.3 Å². The minimum atomic E-state index is -1.48. The summed E-state index contributed by atoms with van der Waals surface area (Å²) in [5.74, 6) is -1.73. The van der Waals surface area contributed by atoms with Crippen molar-refractivity contribution in [2.75, 3.05) is 6.61 Å². The van der Waals surface area contributed by atoms with Crippen molar-refractivity contribution >= 4 is 5.84 Å². The zero-order valence-corrected chi connectivity index (χ0v) is 13.3. The quantitative estimate of drug-likeness (QED) is 0.734. The molecule has 1 spiro atoms. The summed E-state index contributed by atoms with van der Waals surface area (Å²) >= 11 is 0. The molecular weight excluding hydrogens is 311 g/mol. The minimum Gasteiger partial charge on any atom is -0.311 e. The fourth-order valence-corrected chi connectivity index (χ4v) is 4.72. The van der Waals surface area contributed by atoms with Gasteiger partial charge in [-0.3, -0.25) is 5.73 Å². The van der Waals surface area contributed by atoms with Crippen molar-refractivity contribution in [3.63, 3.8) is 0 Å². The Hall–Kier alpha value is -2.48. The lowest BCUT2D eigenvalue weighted by Gasteiger charge is -2.27. The highest BCUT2D eigenvalue weighted by Gasteiger charge is 3.03. The van der Waals surface area contributed by atoms with E-state index in [1.807, 2.05) is 6.92 Å². The van der Waals surface area contributed by atoms with Crippen LogP contribution in [0.4, 0.5) is 4.39 Å². The second-order valence-corrected chi connectivity index (χ2v) is 6.75. The third kappa shape index (κ3) is 1.17. The fraction of sp³-hybridized carbons (Fsp3) is 0.471. The number of hydrogen-bond acceptors (Lipinski definition) is 5. The molecule has 2 aliphatic heterocycles. The highest BCUT2D eigenvalue weighted by Crippen LogP contribution is 2.82. The predicted octanol–water partition coefficient (Wildman–Crippen LogP) is -0.343. The molecule has 0 unspecified atom stereocenters. The molecule has 2 heterocycles. The number of nitrogens with two attached hydrogens (primary N) is 1. The number of nitriles is 2. The standard InChI is InChI=1S/C17H15FN4O2/c1-10-7-23-17(24-10)16(9-20)14(2,11-3-5-12(18)6-4-11)15(16,8-19)13(21)22-17/h3-6,10H,7H2,1-2H3,(H2,21,22)/p+1/t10-,14-,15-,16+,17-/m0/s1. The maximum absolute atomic E-state index is 13.3. The third-order valence-corrected chi connectivity index (χ3v) is 5.84. The number of rotatable bonds is 1. The maximum atomic E-state index is 13.3. The molecule has 5 atom stereocenters. The van der Waals surface area contributed by atoms with E-state index < -0.39 is 28.0 Å². The summed E-state index contributed by atoms with van der Waals surface area (Å²) < 4.78 is 25.1. The third-order valence-electron chi connectivity index (χ3n) is 5.84. The van der Waals surface area contributed by atoms with Gasteiger partial charge < -0.3 is 9.47 Å². The molecule has 3 N–H and O–H groups in total. The Morgan fingerprint density at radius 2 is 1.96 bits per heavy atom. The van der Waals surface area contributed by atoms with Gasteiger partial charge in [0, 0.05) is 0 Å². The molecule has 0 radical (unpaired) electrons. The Morgan fingerprint density at radius 1 is 1.29 bits per heavy atom.